The van der Waals surface area contributed by atoms with Crippen LogP contribution in [0, 0.1) is 10.1 Å². The maximum atomic E-state index is 11.6. The number of ether oxygens (including phenoxy) is 1. The third kappa shape index (κ3) is 2.02. The third-order valence-electron chi connectivity index (χ3n) is 2.65. The summed E-state index contributed by atoms with van der Waals surface area (Å²) in [5.74, 6) is -0.268. The molecule has 94 valence electrons. The summed E-state index contributed by atoms with van der Waals surface area (Å²) in [4.78, 5) is 34.2. The highest BCUT2D eigenvalue weighted by Crippen LogP contribution is 2.33. The van der Waals surface area contributed by atoms with Gasteiger partial charge in [-0.3, -0.25) is 19.7 Å². The van der Waals surface area contributed by atoms with Crippen LogP contribution in [0.25, 0.3) is 0 Å². The summed E-state index contributed by atoms with van der Waals surface area (Å²) in [6.07, 6.45) is -0.175. The normalized spacial score (nSPS) is 15.1. The Kier molecular flexibility index (Phi) is 2.97. The number of hydrogen-bond donors (Lipinski definition) is 0. The molecule has 1 aliphatic rings. The van der Waals surface area contributed by atoms with Gasteiger partial charge in [0.1, 0.15) is 5.75 Å². The summed E-state index contributed by atoms with van der Waals surface area (Å²) in [6, 6.07) is 3.92. The molecule has 0 bridgehead atoms. The molecule has 0 unspecified atom stereocenters. The van der Waals surface area contributed by atoms with E-state index in [-0.39, 0.29) is 36.0 Å². The molecule has 0 radical (unpaired) electrons. The van der Waals surface area contributed by atoms with E-state index in [4.69, 9.17) is 4.74 Å². The SMILES string of the molecule is COc1ccc([N+](=O)[O-])cc1N1CC(=O)CC1=O. The van der Waals surface area contributed by atoms with Gasteiger partial charge in [-0.15, -0.1) is 0 Å². The molecule has 7 heteroatoms. The van der Waals surface area contributed by atoms with Crippen molar-refractivity contribution in [2.75, 3.05) is 18.6 Å². The first-order valence-electron chi connectivity index (χ1n) is 5.17. The molecule has 1 amide bonds. The van der Waals surface area contributed by atoms with Crippen molar-refractivity contribution in [1.29, 1.82) is 0 Å². The molecule has 0 atom stereocenters. The number of carbonyl (C=O) groups is 2. The predicted octanol–water partition coefficient (Wildman–Crippen LogP) is 0.909. The summed E-state index contributed by atoms with van der Waals surface area (Å²) in [5.41, 5.74) is 0.0977. The molecular weight excluding hydrogens is 240 g/mol. The highest BCUT2D eigenvalue weighted by atomic mass is 16.6. The van der Waals surface area contributed by atoms with E-state index in [0.29, 0.717) is 5.75 Å². The quantitative estimate of drug-likeness (QED) is 0.452. The van der Waals surface area contributed by atoms with Crippen molar-refractivity contribution in [3.63, 3.8) is 0 Å². The minimum absolute atomic E-state index is 0.0731. The zero-order valence-electron chi connectivity index (χ0n) is 9.58. The molecule has 7 nitrogen and oxygen atoms in total. The van der Waals surface area contributed by atoms with Crippen LogP contribution in [0.3, 0.4) is 0 Å². The van der Waals surface area contributed by atoms with E-state index >= 15 is 0 Å². The zero-order chi connectivity index (χ0) is 13.3. The molecule has 0 aromatic heterocycles. The second-order valence-electron chi connectivity index (χ2n) is 3.81. The first kappa shape index (κ1) is 12.0. The Hall–Kier alpha value is -2.44. The van der Waals surface area contributed by atoms with Gasteiger partial charge in [0.05, 0.1) is 30.7 Å². The van der Waals surface area contributed by atoms with E-state index in [9.17, 15) is 19.7 Å². The Labute approximate surface area is 102 Å². The molecule has 1 fully saturated rings. The monoisotopic (exact) mass is 250 g/mol. The van der Waals surface area contributed by atoms with Crippen LogP contribution < -0.4 is 9.64 Å². The second kappa shape index (κ2) is 4.44. The summed E-state index contributed by atoms with van der Waals surface area (Å²) >= 11 is 0. The molecule has 1 aromatic rings. The van der Waals surface area contributed by atoms with E-state index in [1.807, 2.05) is 0 Å². The minimum Gasteiger partial charge on any atom is -0.495 e. The molecule has 1 saturated heterocycles. The van der Waals surface area contributed by atoms with Gasteiger partial charge in [0.25, 0.3) is 5.69 Å². The summed E-state index contributed by atoms with van der Waals surface area (Å²) in [6.45, 7) is -0.0731. The van der Waals surface area contributed by atoms with Crippen molar-refractivity contribution in [3.8, 4) is 5.75 Å². The van der Waals surface area contributed by atoms with Crippen molar-refractivity contribution < 1.29 is 19.2 Å². The first-order chi connectivity index (χ1) is 8.52. The first-order valence-corrected chi connectivity index (χ1v) is 5.17. The number of benzene rings is 1. The standard InChI is InChI=1S/C11H10N2O5/c1-18-10-3-2-7(13(16)17)4-9(10)12-6-8(14)5-11(12)15/h2-4H,5-6H2,1H3. The van der Waals surface area contributed by atoms with Gasteiger partial charge in [-0.05, 0) is 6.07 Å². The van der Waals surface area contributed by atoms with Crippen molar-refractivity contribution in [1.82, 2.24) is 0 Å². The lowest BCUT2D eigenvalue weighted by molar-refractivity contribution is -0.384. The number of nitro benzene ring substituents is 1. The average molecular weight is 250 g/mol. The second-order valence-corrected chi connectivity index (χ2v) is 3.81. The Morgan fingerprint density at radius 1 is 1.39 bits per heavy atom. The minimum atomic E-state index is -0.564. The number of amides is 1. The van der Waals surface area contributed by atoms with Crippen LogP contribution in [-0.2, 0) is 9.59 Å². The third-order valence-corrected chi connectivity index (χ3v) is 2.65. The maximum absolute atomic E-state index is 11.6. The van der Waals surface area contributed by atoms with Crippen molar-refractivity contribution in [2.45, 2.75) is 6.42 Å². The van der Waals surface area contributed by atoms with Gasteiger partial charge in [0, 0.05) is 12.1 Å². The Balaban J connectivity index is 2.47. The van der Waals surface area contributed by atoms with Crippen LogP contribution in [0.4, 0.5) is 11.4 Å². The van der Waals surface area contributed by atoms with Gasteiger partial charge in [0.15, 0.2) is 5.78 Å². The smallest absolute Gasteiger partial charge is 0.271 e. The number of rotatable bonds is 3. The van der Waals surface area contributed by atoms with Crippen LogP contribution >= 0.6 is 0 Å². The molecule has 1 heterocycles. The van der Waals surface area contributed by atoms with Crippen LogP contribution in [0.5, 0.6) is 5.75 Å². The molecule has 18 heavy (non-hydrogen) atoms. The predicted molar refractivity (Wildman–Crippen MR) is 61.6 cm³/mol. The number of ketones is 1. The number of Topliss-reactive ketones (excluding diaryl/α,β-unsaturated/α-hetero) is 1. The number of non-ortho nitro benzene ring substituents is 1. The molecule has 0 N–H and O–H groups in total. The van der Waals surface area contributed by atoms with Gasteiger partial charge in [0.2, 0.25) is 5.91 Å². The van der Waals surface area contributed by atoms with E-state index in [0.717, 1.165) is 0 Å². The van der Waals surface area contributed by atoms with Crippen molar-refractivity contribution in [2.24, 2.45) is 0 Å². The highest BCUT2D eigenvalue weighted by Gasteiger charge is 2.31. The fraction of sp³-hybridized carbons (Fsp3) is 0.273. The summed E-state index contributed by atoms with van der Waals surface area (Å²) in [7, 11) is 1.40. The van der Waals surface area contributed by atoms with Crippen molar-refractivity contribution >= 4 is 23.1 Å². The van der Waals surface area contributed by atoms with E-state index in [1.54, 1.807) is 0 Å². The molecule has 1 aliphatic heterocycles. The van der Waals surface area contributed by atoms with E-state index in [2.05, 4.69) is 0 Å². The Morgan fingerprint density at radius 3 is 2.61 bits per heavy atom. The number of hydrogen-bond acceptors (Lipinski definition) is 5. The Morgan fingerprint density at radius 2 is 2.11 bits per heavy atom. The van der Waals surface area contributed by atoms with Gasteiger partial charge in [-0.2, -0.15) is 0 Å². The molecule has 0 saturated carbocycles. The van der Waals surface area contributed by atoms with Crippen LogP contribution in [0.1, 0.15) is 6.42 Å². The lowest BCUT2D eigenvalue weighted by atomic mass is 10.2. The lowest BCUT2D eigenvalue weighted by Crippen LogP contribution is -2.25. The largest absolute Gasteiger partial charge is 0.495 e. The summed E-state index contributed by atoms with van der Waals surface area (Å²) in [5, 5.41) is 10.7. The van der Waals surface area contributed by atoms with E-state index < -0.39 is 4.92 Å². The fourth-order valence-corrected chi connectivity index (χ4v) is 1.81. The molecule has 0 spiro atoms. The molecule has 1 aromatic carbocycles. The van der Waals surface area contributed by atoms with Gasteiger partial charge >= 0.3 is 0 Å². The topological polar surface area (TPSA) is 89.8 Å². The number of methoxy groups -OCH3 is 1. The van der Waals surface area contributed by atoms with Gasteiger partial charge < -0.3 is 9.64 Å². The fourth-order valence-electron chi connectivity index (χ4n) is 1.81. The van der Waals surface area contributed by atoms with Gasteiger partial charge in [-0.25, -0.2) is 0 Å². The zero-order valence-corrected chi connectivity index (χ0v) is 9.58. The van der Waals surface area contributed by atoms with Crippen molar-refractivity contribution in [3.05, 3.63) is 28.3 Å². The molecule has 0 aliphatic carbocycles. The number of nitrogens with zero attached hydrogens (tertiary/aromatic N) is 2. The molecular formula is C11H10N2O5. The highest BCUT2D eigenvalue weighted by molar-refractivity contribution is 6.15. The Bertz CT molecular complexity index is 540. The van der Waals surface area contributed by atoms with Crippen LogP contribution in [-0.4, -0.2) is 30.3 Å². The maximum Gasteiger partial charge on any atom is 0.271 e. The number of anilines is 1. The lowest BCUT2D eigenvalue weighted by Gasteiger charge is -2.17. The van der Waals surface area contributed by atoms with E-state index in [1.165, 1.54) is 30.2 Å². The van der Waals surface area contributed by atoms with Crippen LogP contribution in [0.2, 0.25) is 0 Å². The molecule has 2 rings (SSSR count). The average Bonchev–Trinajstić information content (AvgIpc) is 2.67. The number of nitro groups is 1. The number of carbonyl (C=O) groups excluding carboxylic acids is 2. The van der Waals surface area contributed by atoms with Gasteiger partial charge in [-0.1, -0.05) is 0 Å². The van der Waals surface area contributed by atoms with Crippen LogP contribution in [0.15, 0.2) is 18.2 Å². The summed E-state index contributed by atoms with van der Waals surface area (Å²) < 4.78 is 5.05.